The molecule has 2 aromatic carbocycles. The summed E-state index contributed by atoms with van der Waals surface area (Å²) in [5.74, 6) is 0.228. The van der Waals surface area contributed by atoms with Crippen LogP contribution in [-0.2, 0) is 10.9 Å². The van der Waals surface area contributed by atoms with Gasteiger partial charge < -0.3 is 19.9 Å². The van der Waals surface area contributed by atoms with Crippen LogP contribution in [0.2, 0.25) is 0 Å². The molecule has 1 heterocycles. The summed E-state index contributed by atoms with van der Waals surface area (Å²) in [6, 6.07) is 12.0. The van der Waals surface area contributed by atoms with E-state index in [0.29, 0.717) is 18.8 Å². The Hall–Kier alpha value is -3.11. The zero-order valence-corrected chi connectivity index (χ0v) is 17.1. The van der Waals surface area contributed by atoms with E-state index in [1.807, 2.05) is 0 Å². The van der Waals surface area contributed by atoms with Crippen molar-refractivity contribution < 1.29 is 27.8 Å². The molecule has 0 saturated heterocycles. The minimum Gasteiger partial charge on any atom is -0.463 e. The molecule has 0 saturated carbocycles. The summed E-state index contributed by atoms with van der Waals surface area (Å²) >= 11 is 0. The minimum absolute atomic E-state index is 0.0693. The third-order valence-electron chi connectivity index (χ3n) is 4.32. The van der Waals surface area contributed by atoms with Gasteiger partial charge in [0, 0.05) is 24.9 Å². The number of nitrogens with zero attached hydrogens (tertiary/aromatic N) is 3. The Morgan fingerprint density at radius 3 is 2.55 bits per heavy atom. The number of nitrogens with one attached hydrogen (secondary N) is 1. The molecule has 1 aromatic heterocycles. The van der Waals surface area contributed by atoms with Gasteiger partial charge in [0.2, 0.25) is 0 Å². The van der Waals surface area contributed by atoms with Gasteiger partial charge in [-0.25, -0.2) is 4.68 Å². The van der Waals surface area contributed by atoms with Gasteiger partial charge in [0.15, 0.2) is 5.82 Å². The Labute approximate surface area is 177 Å². The van der Waals surface area contributed by atoms with Crippen molar-refractivity contribution in [3.05, 3.63) is 54.1 Å². The van der Waals surface area contributed by atoms with E-state index >= 15 is 0 Å². The smallest absolute Gasteiger partial charge is 0.416 e. The van der Waals surface area contributed by atoms with Crippen LogP contribution in [0.4, 0.5) is 18.9 Å². The average molecular weight is 436 g/mol. The lowest BCUT2D eigenvalue weighted by Crippen LogP contribution is -2.24. The molecule has 3 aromatic rings. The van der Waals surface area contributed by atoms with E-state index in [9.17, 15) is 18.3 Å². The quantitative estimate of drug-likeness (QED) is 0.532. The number of ether oxygens (including phenoxy) is 2. The number of aliphatic hydroxyl groups is 1. The summed E-state index contributed by atoms with van der Waals surface area (Å²) in [4.78, 5) is 4.27. The first-order valence-corrected chi connectivity index (χ1v) is 9.60. The molecule has 0 aliphatic rings. The van der Waals surface area contributed by atoms with Crippen molar-refractivity contribution >= 4 is 5.69 Å². The molecule has 7 nitrogen and oxygen atoms in total. The number of halogens is 3. The standard InChI is InChI=1S/C21H23F3N4O3/c1-3-31-20-26-19(14-5-4-6-15(11-14)21(22,23)24)28(27-20)17-9-7-16(8-10-17)25-12-18(29)13-30-2/h4-11,18,25,29H,3,12-13H2,1-2H3. The monoisotopic (exact) mass is 436 g/mol. The number of rotatable bonds is 9. The van der Waals surface area contributed by atoms with Crippen molar-refractivity contribution in [3.63, 3.8) is 0 Å². The highest BCUT2D eigenvalue weighted by Gasteiger charge is 2.31. The number of alkyl halides is 3. The molecule has 0 aliphatic carbocycles. The molecular weight excluding hydrogens is 413 g/mol. The van der Waals surface area contributed by atoms with Crippen LogP contribution in [0.15, 0.2) is 48.5 Å². The first-order valence-electron chi connectivity index (χ1n) is 9.60. The Morgan fingerprint density at radius 1 is 1.16 bits per heavy atom. The Morgan fingerprint density at radius 2 is 1.90 bits per heavy atom. The highest BCUT2D eigenvalue weighted by atomic mass is 19.4. The number of aliphatic hydroxyl groups excluding tert-OH is 1. The van der Waals surface area contributed by atoms with Gasteiger partial charge in [-0.2, -0.15) is 18.2 Å². The predicted molar refractivity (Wildman–Crippen MR) is 109 cm³/mol. The fraction of sp³-hybridized carbons (Fsp3) is 0.333. The van der Waals surface area contributed by atoms with Gasteiger partial charge in [0.1, 0.15) is 0 Å². The van der Waals surface area contributed by atoms with E-state index < -0.39 is 17.8 Å². The van der Waals surface area contributed by atoms with Crippen molar-refractivity contribution in [1.82, 2.24) is 14.8 Å². The van der Waals surface area contributed by atoms with Gasteiger partial charge in [0.05, 0.1) is 30.6 Å². The van der Waals surface area contributed by atoms with Crippen LogP contribution in [0.5, 0.6) is 6.01 Å². The highest BCUT2D eigenvalue weighted by molar-refractivity contribution is 5.60. The molecule has 3 rings (SSSR count). The first-order chi connectivity index (χ1) is 14.8. The lowest BCUT2D eigenvalue weighted by atomic mass is 10.1. The summed E-state index contributed by atoms with van der Waals surface area (Å²) < 4.78 is 51.1. The van der Waals surface area contributed by atoms with Crippen LogP contribution in [0.25, 0.3) is 17.1 Å². The molecule has 0 aliphatic heterocycles. The third kappa shape index (κ3) is 5.74. The molecule has 1 unspecified atom stereocenters. The van der Waals surface area contributed by atoms with Gasteiger partial charge in [-0.3, -0.25) is 0 Å². The normalized spacial score (nSPS) is 12.6. The Balaban J connectivity index is 1.91. The highest BCUT2D eigenvalue weighted by Crippen LogP contribution is 2.32. The Bertz CT molecular complexity index is 990. The van der Waals surface area contributed by atoms with Crippen LogP contribution in [0.1, 0.15) is 12.5 Å². The molecule has 0 amide bonds. The topological polar surface area (TPSA) is 81.4 Å². The maximum absolute atomic E-state index is 13.2. The van der Waals surface area contributed by atoms with Crippen LogP contribution >= 0.6 is 0 Å². The van der Waals surface area contributed by atoms with Crippen LogP contribution in [0.3, 0.4) is 0 Å². The fourth-order valence-corrected chi connectivity index (χ4v) is 2.89. The van der Waals surface area contributed by atoms with Crippen molar-refractivity contribution in [2.75, 3.05) is 32.2 Å². The van der Waals surface area contributed by atoms with E-state index in [2.05, 4.69) is 15.4 Å². The summed E-state index contributed by atoms with van der Waals surface area (Å²) in [5, 5.41) is 17.1. The van der Waals surface area contributed by atoms with Gasteiger partial charge >= 0.3 is 12.2 Å². The molecule has 0 spiro atoms. The lowest BCUT2D eigenvalue weighted by molar-refractivity contribution is -0.137. The maximum atomic E-state index is 13.2. The molecule has 2 N–H and O–H groups in total. The van der Waals surface area contributed by atoms with Crippen molar-refractivity contribution in [1.29, 1.82) is 0 Å². The second-order valence-corrected chi connectivity index (χ2v) is 6.68. The number of aromatic nitrogens is 3. The molecular formula is C21H23F3N4O3. The number of anilines is 1. The van der Waals surface area contributed by atoms with E-state index in [0.717, 1.165) is 17.8 Å². The zero-order chi connectivity index (χ0) is 22.4. The van der Waals surface area contributed by atoms with E-state index in [1.165, 1.54) is 17.9 Å². The van der Waals surface area contributed by atoms with Crippen molar-refractivity contribution in [3.8, 4) is 23.1 Å². The molecule has 1 atom stereocenters. The van der Waals surface area contributed by atoms with Crippen molar-refractivity contribution in [2.24, 2.45) is 0 Å². The molecule has 0 fully saturated rings. The van der Waals surface area contributed by atoms with Crippen LogP contribution in [0, 0.1) is 0 Å². The predicted octanol–water partition coefficient (Wildman–Crippen LogP) is 3.77. The summed E-state index contributed by atoms with van der Waals surface area (Å²) in [6.45, 7) is 2.60. The molecule has 31 heavy (non-hydrogen) atoms. The SMILES string of the molecule is CCOc1nc(-c2cccc(C(F)(F)F)c2)n(-c2ccc(NCC(O)COC)cc2)n1. The van der Waals surface area contributed by atoms with Gasteiger partial charge in [-0.05, 0) is 43.3 Å². The van der Waals surface area contributed by atoms with Crippen LogP contribution in [-0.4, -0.2) is 52.8 Å². The lowest BCUT2D eigenvalue weighted by Gasteiger charge is -2.13. The molecule has 0 bridgehead atoms. The third-order valence-corrected chi connectivity index (χ3v) is 4.32. The zero-order valence-electron chi connectivity index (χ0n) is 17.1. The second-order valence-electron chi connectivity index (χ2n) is 6.68. The summed E-state index contributed by atoms with van der Waals surface area (Å²) in [6.07, 6.45) is -5.12. The largest absolute Gasteiger partial charge is 0.463 e. The molecule has 0 radical (unpaired) electrons. The number of benzene rings is 2. The summed E-state index contributed by atoms with van der Waals surface area (Å²) in [7, 11) is 1.51. The minimum atomic E-state index is -4.47. The van der Waals surface area contributed by atoms with E-state index in [-0.39, 0.29) is 24.0 Å². The number of hydrogen-bond acceptors (Lipinski definition) is 6. The molecule has 166 valence electrons. The average Bonchev–Trinajstić information content (AvgIpc) is 3.17. The summed E-state index contributed by atoms with van der Waals surface area (Å²) in [5.41, 5.74) is 0.836. The number of hydrogen-bond donors (Lipinski definition) is 2. The number of methoxy groups -OCH3 is 1. The van der Waals surface area contributed by atoms with Gasteiger partial charge in [0.25, 0.3) is 0 Å². The fourth-order valence-electron chi connectivity index (χ4n) is 2.89. The second kappa shape index (κ2) is 9.80. The van der Waals surface area contributed by atoms with Crippen LogP contribution < -0.4 is 10.1 Å². The van der Waals surface area contributed by atoms with E-state index in [1.54, 1.807) is 37.3 Å². The Kier molecular flexibility index (Phi) is 7.13. The first kappa shape index (κ1) is 22.6. The van der Waals surface area contributed by atoms with Crippen molar-refractivity contribution in [2.45, 2.75) is 19.2 Å². The molecule has 10 heteroatoms. The van der Waals surface area contributed by atoms with Gasteiger partial charge in [-0.1, -0.05) is 12.1 Å². The van der Waals surface area contributed by atoms with Gasteiger partial charge in [-0.15, -0.1) is 5.10 Å². The van der Waals surface area contributed by atoms with E-state index in [4.69, 9.17) is 9.47 Å². The maximum Gasteiger partial charge on any atom is 0.416 e.